The lowest BCUT2D eigenvalue weighted by atomic mass is 10.1. The quantitative estimate of drug-likeness (QED) is 0.910. The summed E-state index contributed by atoms with van der Waals surface area (Å²) in [5, 5.41) is 9.23. The highest BCUT2D eigenvalue weighted by atomic mass is 19.1. The molecular weight excluding hydrogens is 243 g/mol. The summed E-state index contributed by atoms with van der Waals surface area (Å²) in [6.07, 6.45) is 2.25. The van der Waals surface area contributed by atoms with Crippen LogP contribution in [0.15, 0.2) is 18.2 Å². The highest BCUT2D eigenvalue weighted by Gasteiger charge is 2.22. The molecule has 19 heavy (non-hydrogen) atoms. The molecule has 1 aliphatic rings. The van der Waals surface area contributed by atoms with E-state index in [1.165, 1.54) is 12.1 Å². The zero-order valence-corrected chi connectivity index (χ0v) is 11.8. The predicted octanol–water partition coefficient (Wildman–Crippen LogP) is 2.45. The number of phenols is 1. The van der Waals surface area contributed by atoms with E-state index in [2.05, 4.69) is 23.8 Å². The van der Waals surface area contributed by atoms with Gasteiger partial charge in [0.25, 0.3) is 0 Å². The Labute approximate surface area is 114 Å². The molecule has 1 N–H and O–H groups in total. The van der Waals surface area contributed by atoms with E-state index < -0.39 is 5.82 Å². The molecule has 1 saturated heterocycles. The molecule has 2 rings (SSSR count). The summed E-state index contributed by atoms with van der Waals surface area (Å²) in [6, 6.07) is 5.20. The van der Waals surface area contributed by atoms with E-state index in [0.717, 1.165) is 44.6 Å². The van der Waals surface area contributed by atoms with Crippen LogP contribution in [0.4, 0.5) is 4.39 Å². The number of phenolic OH excluding ortho intramolecular Hbond substituents is 1. The van der Waals surface area contributed by atoms with Crippen LogP contribution in [0.5, 0.6) is 5.75 Å². The average Bonchev–Trinajstić information content (AvgIpc) is 2.56. The topological polar surface area (TPSA) is 26.7 Å². The molecule has 0 amide bonds. The van der Waals surface area contributed by atoms with Crippen molar-refractivity contribution in [2.24, 2.45) is 0 Å². The number of nitrogens with zero attached hydrogens (tertiary/aromatic N) is 2. The van der Waals surface area contributed by atoms with Crippen molar-refractivity contribution in [2.75, 3.05) is 26.7 Å². The minimum Gasteiger partial charge on any atom is -0.505 e. The second-order valence-corrected chi connectivity index (χ2v) is 5.43. The van der Waals surface area contributed by atoms with Crippen LogP contribution < -0.4 is 0 Å². The molecule has 106 valence electrons. The van der Waals surface area contributed by atoms with Gasteiger partial charge in [-0.1, -0.05) is 13.0 Å². The van der Waals surface area contributed by atoms with Crippen molar-refractivity contribution in [1.82, 2.24) is 9.80 Å². The molecule has 0 radical (unpaired) electrons. The monoisotopic (exact) mass is 266 g/mol. The Hall–Kier alpha value is -1.13. The molecule has 0 bridgehead atoms. The molecule has 1 heterocycles. The van der Waals surface area contributed by atoms with Crippen LogP contribution >= 0.6 is 0 Å². The Morgan fingerprint density at radius 2 is 2.16 bits per heavy atom. The van der Waals surface area contributed by atoms with Crippen LogP contribution in [0, 0.1) is 5.82 Å². The molecule has 1 aliphatic heterocycles. The summed E-state index contributed by atoms with van der Waals surface area (Å²) in [7, 11) is 2.16. The second kappa shape index (κ2) is 6.35. The first-order valence-electron chi connectivity index (χ1n) is 7.00. The second-order valence-electron chi connectivity index (χ2n) is 5.43. The number of hydrogen-bond acceptors (Lipinski definition) is 3. The minimum atomic E-state index is -0.530. The summed E-state index contributed by atoms with van der Waals surface area (Å²) in [5.74, 6) is -0.802. The van der Waals surface area contributed by atoms with Crippen molar-refractivity contribution in [3.8, 4) is 5.75 Å². The maximum Gasteiger partial charge on any atom is 0.165 e. The minimum absolute atomic E-state index is 0.272. The molecule has 0 aliphatic carbocycles. The van der Waals surface area contributed by atoms with Gasteiger partial charge in [-0.3, -0.25) is 4.90 Å². The fraction of sp³-hybridized carbons (Fsp3) is 0.600. The summed E-state index contributed by atoms with van der Waals surface area (Å²) >= 11 is 0. The van der Waals surface area contributed by atoms with E-state index in [9.17, 15) is 9.50 Å². The Kier molecular flexibility index (Phi) is 4.77. The third-order valence-electron chi connectivity index (χ3n) is 3.89. The molecule has 1 unspecified atom stereocenters. The summed E-state index contributed by atoms with van der Waals surface area (Å²) in [4.78, 5) is 4.79. The smallest absolute Gasteiger partial charge is 0.165 e. The standard InChI is InChI=1S/C15H23FN2O/c1-3-13-11-17(2)7-4-8-18(13)10-12-5-6-15(19)14(16)9-12/h5-6,9,13,19H,3-4,7-8,10-11H2,1-2H3. The van der Waals surface area contributed by atoms with Crippen molar-refractivity contribution in [1.29, 1.82) is 0 Å². The largest absolute Gasteiger partial charge is 0.505 e. The van der Waals surface area contributed by atoms with Gasteiger partial charge in [-0.05, 0) is 44.1 Å². The first-order valence-corrected chi connectivity index (χ1v) is 7.00. The van der Waals surface area contributed by atoms with Gasteiger partial charge in [0, 0.05) is 25.7 Å². The SMILES string of the molecule is CCC1CN(C)CCCN1Cc1ccc(O)c(F)c1. The molecule has 1 aromatic carbocycles. The van der Waals surface area contributed by atoms with E-state index in [0.29, 0.717) is 6.04 Å². The predicted molar refractivity (Wildman–Crippen MR) is 74.7 cm³/mol. The van der Waals surface area contributed by atoms with Gasteiger partial charge in [-0.2, -0.15) is 0 Å². The van der Waals surface area contributed by atoms with E-state index in [4.69, 9.17) is 0 Å². The average molecular weight is 266 g/mol. The molecule has 1 aromatic rings. The van der Waals surface area contributed by atoms with Crippen molar-refractivity contribution in [2.45, 2.75) is 32.4 Å². The zero-order chi connectivity index (χ0) is 13.8. The first-order chi connectivity index (χ1) is 9.10. The lowest BCUT2D eigenvalue weighted by Crippen LogP contribution is -2.39. The Morgan fingerprint density at radius 1 is 1.37 bits per heavy atom. The van der Waals surface area contributed by atoms with Crippen molar-refractivity contribution in [3.05, 3.63) is 29.6 Å². The van der Waals surface area contributed by atoms with Gasteiger partial charge in [0.1, 0.15) is 0 Å². The highest BCUT2D eigenvalue weighted by Crippen LogP contribution is 2.20. The Balaban J connectivity index is 2.08. The molecule has 0 aromatic heterocycles. The molecule has 4 heteroatoms. The fourth-order valence-electron chi connectivity index (χ4n) is 2.77. The zero-order valence-electron chi connectivity index (χ0n) is 11.8. The number of aromatic hydroxyl groups is 1. The van der Waals surface area contributed by atoms with Crippen LogP contribution in [0.2, 0.25) is 0 Å². The van der Waals surface area contributed by atoms with Crippen LogP contribution in [-0.4, -0.2) is 47.6 Å². The van der Waals surface area contributed by atoms with E-state index in [1.807, 2.05) is 0 Å². The molecule has 0 spiro atoms. The maximum absolute atomic E-state index is 13.4. The van der Waals surface area contributed by atoms with Crippen LogP contribution in [0.25, 0.3) is 0 Å². The molecule has 0 saturated carbocycles. The Morgan fingerprint density at radius 3 is 2.84 bits per heavy atom. The lowest BCUT2D eigenvalue weighted by molar-refractivity contribution is 0.175. The summed E-state index contributed by atoms with van der Waals surface area (Å²) < 4.78 is 13.4. The highest BCUT2D eigenvalue weighted by molar-refractivity contribution is 5.28. The van der Waals surface area contributed by atoms with Gasteiger partial charge in [0.15, 0.2) is 11.6 Å². The summed E-state index contributed by atoms with van der Waals surface area (Å²) in [6.45, 7) is 6.19. The van der Waals surface area contributed by atoms with Crippen molar-refractivity contribution >= 4 is 0 Å². The van der Waals surface area contributed by atoms with Crippen LogP contribution in [0.3, 0.4) is 0 Å². The summed E-state index contributed by atoms with van der Waals surface area (Å²) in [5.41, 5.74) is 0.929. The van der Waals surface area contributed by atoms with E-state index in [-0.39, 0.29) is 5.75 Å². The van der Waals surface area contributed by atoms with Gasteiger partial charge >= 0.3 is 0 Å². The van der Waals surface area contributed by atoms with E-state index >= 15 is 0 Å². The van der Waals surface area contributed by atoms with E-state index in [1.54, 1.807) is 6.07 Å². The third-order valence-corrected chi connectivity index (χ3v) is 3.89. The fourth-order valence-corrected chi connectivity index (χ4v) is 2.77. The maximum atomic E-state index is 13.4. The van der Waals surface area contributed by atoms with Gasteiger partial charge in [-0.15, -0.1) is 0 Å². The van der Waals surface area contributed by atoms with Crippen LogP contribution in [-0.2, 0) is 6.54 Å². The third kappa shape index (κ3) is 3.67. The first kappa shape index (κ1) is 14.3. The van der Waals surface area contributed by atoms with Crippen LogP contribution in [0.1, 0.15) is 25.3 Å². The normalized spacial score (nSPS) is 22.4. The van der Waals surface area contributed by atoms with Crippen molar-refractivity contribution in [3.63, 3.8) is 0 Å². The van der Waals surface area contributed by atoms with Gasteiger partial charge in [0.05, 0.1) is 0 Å². The number of rotatable bonds is 3. The van der Waals surface area contributed by atoms with Gasteiger partial charge < -0.3 is 10.0 Å². The molecule has 1 fully saturated rings. The lowest BCUT2D eigenvalue weighted by Gasteiger charge is -2.30. The van der Waals surface area contributed by atoms with Crippen molar-refractivity contribution < 1.29 is 9.50 Å². The molecule has 1 atom stereocenters. The van der Waals surface area contributed by atoms with Gasteiger partial charge in [-0.25, -0.2) is 4.39 Å². The molecular formula is C15H23FN2O. The number of hydrogen-bond donors (Lipinski definition) is 1. The van der Waals surface area contributed by atoms with Gasteiger partial charge in [0.2, 0.25) is 0 Å². The number of benzene rings is 1. The Bertz CT molecular complexity index is 425. The number of halogens is 1. The number of likely N-dealkylation sites (N-methyl/N-ethyl adjacent to an activating group) is 1. The molecule has 3 nitrogen and oxygen atoms in total.